The van der Waals surface area contributed by atoms with Crippen molar-refractivity contribution in [2.75, 3.05) is 19.0 Å². The van der Waals surface area contributed by atoms with E-state index >= 15 is 0 Å². The topological polar surface area (TPSA) is 84.4 Å². The van der Waals surface area contributed by atoms with E-state index in [9.17, 15) is 14.0 Å². The molecule has 0 fully saturated rings. The third-order valence-corrected chi connectivity index (χ3v) is 6.17. The van der Waals surface area contributed by atoms with Gasteiger partial charge >= 0.3 is 6.03 Å². The number of fused-ring (bicyclic) bond motifs is 1. The van der Waals surface area contributed by atoms with Crippen molar-refractivity contribution in [2.45, 2.75) is 45.1 Å². The molecule has 0 unspecified atom stereocenters. The van der Waals surface area contributed by atoms with Crippen molar-refractivity contribution >= 4 is 17.6 Å². The van der Waals surface area contributed by atoms with Crippen molar-refractivity contribution in [1.29, 1.82) is 0 Å². The number of nitrogens with one attached hydrogen (secondary N) is 1. The molecule has 7 nitrogen and oxygen atoms in total. The molecular formula is C27H29FN4O3. The van der Waals surface area contributed by atoms with Crippen LogP contribution in [0.3, 0.4) is 0 Å². The van der Waals surface area contributed by atoms with E-state index in [-0.39, 0.29) is 23.4 Å². The Kier molecular flexibility index (Phi) is 6.82. The lowest BCUT2D eigenvalue weighted by Crippen LogP contribution is -2.46. The van der Waals surface area contributed by atoms with E-state index in [0.29, 0.717) is 35.7 Å². The van der Waals surface area contributed by atoms with E-state index in [2.05, 4.69) is 15.5 Å². The highest BCUT2D eigenvalue weighted by Crippen LogP contribution is 2.34. The average Bonchev–Trinajstić information content (AvgIpc) is 2.82. The Morgan fingerprint density at radius 1 is 1.17 bits per heavy atom. The zero-order chi connectivity index (χ0) is 25.2. The van der Waals surface area contributed by atoms with Crippen molar-refractivity contribution in [3.05, 3.63) is 82.8 Å². The fourth-order valence-electron chi connectivity index (χ4n) is 4.42. The van der Waals surface area contributed by atoms with E-state index in [4.69, 9.17) is 4.74 Å². The molecule has 1 aliphatic heterocycles. The van der Waals surface area contributed by atoms with Crippen LogP contribution in [-0.2, 0) is 23.1 Å². The number of urea groups is 1. The maximum Gasteiger partial charge on any atom is 0.323 e. The van der Waals surface area contributed by atoms with Crippen molar-refractivity contribution < 1.29 is 18.7 Å². The molecule has 8 heteroatoms. The number of Topliss-reactive ketones (excluding diaryl/α,β-unsaturated/α-hetero) is 1. The summed E-state index contributed by atoms with van der Waals surface area (Å²) in [7, 11) is 1.59. The second kappa shape index (κ2) is 9.82. The summed E-state index contributed by atoms with van der Waals surface area (Å²) in [6.07, 6.45) is 2.07. The zero-order valence-corrected chi connectivity index (χ0v) is 20.3. The van der Waals surface area contributed by atoms with Gasteiger partial charge in [0.1, 0.15) is 17.6 Å². The van der Waals surface area contributed by atoms with Crippen LogP contribution in [0.2, 0.25) is 0 Å². The fourth-order valence-corrected chi connectivity index (χ4v) is 4.42. The highest BCUT2D eigenvalue weighted by Gasteiger charge is 2.36. The fraction of sp³-hybridized carbons (Fsp3) is 0.333. The van der Waals surface area contributed by atoms with Gasteiger partial charge in [-0.25, -0.2) is 9.18 Å². The molecule has 0 saturated heterocycles. The van der Waals surface area contributed by atoms with E-state index in [1.54, 1.807) is 37.4 Å². The lowest BCUT2D eigenvalue weighted by Gasteiger charge is -2.36. The quantitative estimate of drug-likeness (QED) is 0.568. The number of amides is 2. The molecule has 182 valence electrons. The van der Waals surface area contributed by atoms with Crippen LogP contribution in [0.5, 0.6) is 5.75 Å². The summed E-state index contributed by atoms with van der Waals surface area (Å²) in [4.78, 5) is 28.3. The number of nitrogens with zero attached hydrogens (tertiary/aromatic N) is 3. The number of aromatic nitrogens is 2. The van der Waals surface area contributed by atoms with Gasteiger partial charge in [0.05, 0.1) is 7.11 Å². The van der Waals surface area contributed by atoms with Gasteiger partial charge in [0.25, 0.3) is 0 Å². The Morgan fingerprint density at radius 3 is 2.63 bits per heavy atom. The number of carbonyl (C=O) groups excluding carboxylic acids is 2. The summed E-state index contributed by atoms with van der Waals surface area (Å²) in [5, 5.41) is 10.4. The molecule has 1 aliphatic rings. The molecule has 2 heterocycles. The van der Waals surface area contributed by atoms with Crippen molar-refractivity contribution in [1.82, 2.24) is 15.1 Å². The molecule has 3 aromatic rings. The Hall–Kier alpha value is -3.81. The molecule has 0 bridgehead atoms. The molecule has 0 aliphatic carbocycles. The number of ketones is 1. The summed E-state index contributed by atoms with van der Waals surface area (Å²) in [6, 6.07) is 12.4. The van der Waals surface area contributed by atoms with Gasteiger partial charge in [0, 0.05) is 19.2 Å². The van der Waals surface area contributed by atoms with E-state index in [1.807, 2.05) is 32.9 Å². The smallest absolute Gasteiger partial charge is 0.323 e. The van der Waals surface area contributed by atoms with Crippen LogP contribution in [0, 0.1) is 5.82 Å². The number of rotatable bonds is 5. The maximum absolute atomic E-state index is 14.8. The first-order chi connectivity index (χ1) is 16.7. The first-order valence-electron chi connectivity index (χ1n) is 11.5. The summed E-state index contributed by atoms with van der Waals surface area (Å²) < 4.78 is 20.1. The van der Waals surface area contributed by atoms with Gasteiger partial charge in [0.2, 0.25) is 0 Å². The predicted octanol–water partition coefficient (Wildman–Crippen LogP) is 4.86. The minimum atomic E-state index is -0.827. The van der Waals surface area contributed by atoms with E-state index in [0.717, 1.165) is 11.1 Å². The SMILES string of the molecule is COc1ccc2c(c1)CCN(C(=O)Nc1cccnn1)[C@H]2C(=O)Cc1ccc(C(C)(C)C)c(F)c1. The standard InChI is InChI=1S/C27H29FN4O3/c1-27(2,3)21-10-7-17(14-22(21)28)15-23(33)25-20-9-8-19(35-4)16-18(20)11-13-32(25)26(34)30-24-6-5-12-29-31-24/h5-10,12,14,16,25H,11,13,15H2,1-4H3,(H,30,31,34)/t25-/m1/s1. The number of hydrogen-bond acceptors (Lipinski definition) is 5. The van der Waals surface area contributed by atoms with Crippen LogP contribution in [0.25, 0.3) is 0 Å². The third-order valence-electron chi connectivity index (χ3n) is 6.17. The Balaban J connectivity index is 1.65. The van der Waals surface area contributed by atoms with E-state index in [1.165, 1.54) is 17.2 Å². The number of benzene rings is 2. The number of methoxy groups -OCH3 is 1. The third kappa shape index (κ3) is 5.31. The van der Waals surface area contributed by atoms with Gasteiger partial charge in [-0.2, -0.15) is 5.10 Å². The second-order valence-corrected chi connectivity index (χ2v) is 9.66. The largest absolute Gasteiger partial charge is 0.497 e. The molecule has 2 aromatic carbocycles. The van der Waals surface area contributed by atoms with Gasteiger partial charge < -0.3 is 9.64 Å². The number of carbonyl (C=O) groups is 2. The van der Waals surface area contributed by atoms with Gasteiger partial charge in [-0.3, -0.25) is 10.1 Å². The first-order valence-corrected chi connectivity index (χ1v) is 11.5. The number of ether oxygens (including phenoxy) is 1. The lowest BCUT2D eigenvalue weighted by molar-refractivity contribution is -0.123. The molecule has 0 radical (unpaired) electrons. The van der Waals surface area contributed by atoms with Crippen molar-refractivity contribution in [3.63, 3.8) is 0 Å². The average molecular weight is 477 g/mol. The van der Waals surface area contributed by atoms with Crippen molar-refractivity contribution in [2.24, 2.45) is 0 Å². The van der Waals surface area contributed by atoms with Crippen LogP contribution in [0.15, 0.2) is 54.7 Å². The molecule has 0 saturated carbocycles. The Morgan fingerprint density at radius 2 is 1.97 bits per heavy atom. The maximum atomic E-state index is 14.8. The highest BCUT2D eigenvalue weighted by molar-refractivity contribution is 5.95. The molecular weight excluding hydrogens is 447 g/mol. The first kappa shape index (κ1) is 24.3. The molecule has 2 amide bonds. The van der Waals surface area contributed by atoms with Crippen LogP contribution < -0.4 is 10.1 Å². The van der Waals surface area contributed by atoms with E-state index < -0.39 is 12.1 Å². The Labute approximate surface area is 204 Å². The molecule has 1 aromatic heterocycles. The predicted molar refractivity (Wildman–Crippen MR) is 131 cm³/mol. The van der Waals surface area contributed by atoms with Crippen LogP contribution >= 0.6 is 0 Å². The molecule has 1 atom stereocenters. The van der Waals surface area contributed by atoms with Crippen molar-refractivity contribution in [3.8, 4) is 5.75 Å². The Bertz CT molecular complexity index is 1240. The summed E-state index contributed by atoms with van der Waals surface area (Å²) in [5.41, 5.74) is 2.50. The summed E-state index contributed by atoms with van der Waals surface area (Å²) >= 11 is 0. The normalized spacial score (nSPS) is 15.3. The lowest BCUT2D eigenvalue weighted by atomic mass is 9.85. The molecule has 0 spiro atoms. The monoisotopic (exact) mass is 476 g/mol. The minimum absolute atomic E-state index is 0.00754. The number of anilines is 1. The van der Waals surface area contributed by atoms with Crippen LogP contribution in [-0.4, -0.2) is 40.6 Å². The van der Waals surface area contributed by atoms with Gasteiger partial charge in [0.15, 0.2) is 11.6 Å². The molecule has 4 rings (SSSR count). The van der Waals surface area contributed by atoms with Crippen LogP contribution in [0.1, 0.15) is 49.1 Å². The minimum Gasteiger partial charge on any atom is -0.497 e. The second-order valence-electron chi connectivity index (χ2n) is 9.66. The summed E-state index contributed by atoms with van der Waals surface area (Å²) in [6.45, 7) is 6.16. The van der Waals surface area contributed by atoms with Crippen LogP contribution in [0.4, 0.5) is 15.0 Å². The highest BCUT2D eigenvalue weighted by atomic mass is 19.1. The molecule has 35 heavy (non-hydrogen) atoms. The zero-order valence-electron chi connectivity index (χ0n) is 20.3. The number of hydrogen-bond donors (Lipinski definition) is 1. The molecule has 1 N–H and O–H groups in total. The summed E-state index contributed by atoms with van der Waals surface area (Å²) in [5.74, 6) is 0.443. The number of halogens is 1. The van der Waals surface area contributed by atoms with Gasteiger partial charge in [-0.15, -0.1) is 5.10 Å². The van der Waals surface area contributed by atoms with Gasteiger partial charge in [-0.1, -0.05) is 39.0 Å². The van der Waals surface area contributed by atoms with Gasteiger partial charge in [-0.05, 0) is 64.4 Å².